The molecular formula is C20H19ClN2O2. The number of pyridine rings is 1. The van der Waals surface area contributed by atoms with Crippen molar-refractivity contribution < 1.29 is 4.74 Å². The molecule has 0 unspecified atom stereocenters. The maximum atomic E-state index is 12.2. The SMILES string of the molecule is COc1cn(Cc2ccccc2)c(Nc2ccc(Cl)cc2C)cc1=O. The minimum absolute atomic E-state index is 0.166. The van der Waals surface area contributed by atoms with Gasteiger partial charge in [-0.3, -0.25) is 4.79 Å². The van der Waals surface area contributed by atoms with Gasteiger partial charge in [-0.2, -0.15) is 0 Å². The summed E-state index contributed by atoms with van der Waals surface area (Å²) in [7, 11) is 1.50. The lowest BCUT2D eigenvalue weighted by Crippen LogP contribution is -2.14. The second kappa shape index (κ2) is 7.45. The predicted octanol–water partition coefficient (Wildman–Crippen LogP) is 4.61. The van der Waals surface area contributed by atoms with E-state index in [9.17, 15) is 4.79 Å². The van der Waals surface area contributed by atoms with Crippen molar-refractivity contribution in [1.29, 1.82) is 0 Å². The fourth-order valence-corrected chi connectivity index (χ4v) is 2.86. The molecule has 0 saturated heterocycles. The summed E-state index contributed by atoms with van der Waals surface area (Å²) in [6.07, 6.45) is 1.73. The van der Waals surface area contributed by atoms with Crippen molar-refractivity contribution >= 4 is 23.1 Å². The highest BCUT2D eigenvalue weighted by atomic mass is 35.5. The monoisotopic (exact) mass is 354 g/mol. The minimum Gasteiger partial charge on any atom is -0.491 e. The molecule has 5 heteroatoms. The van der Waals surface area contributed by atoms with Crippen LogP contribution in [0.2, 0.25) is 5.02 Å². The van der Waals surface area contributed by atoms with Gasteiger partial charge in [0.2, 0.25) is 5.43 Å². The highest BCUT2D eigenvalue weighted by molar-refractivity contribution is 6.30. The summed E-state index contributed by atoms with van der Waals surface area (Å²) in [4.78, 5) is 12.2. The molecule has 4 nitrogen and oxygen atoms in total. The predicted molar refractivity (Wildman–Crippen MR) is 102 cm³/mol. The Morgan fingerprint density at radius 2 is 1.88 bits per heavy atom. The first-order valence-electron chi connectivity index (χ1n) is 7.92. The molecular weight excluding hydrogens is 336 g/mol. The number of anilines is 2. The van der Waals surface area contributed by atoms with E-state index >= 15 is 0 Å². The van der Waals surface area contributed by atoms with E-state index in [0.717, 1.165) is 16.8 Å². The van der Waals surface area contributed by atoms with Crippen LogP contribution in [-0.2, 0) is 6.54 Å². The van der Waals surface area contributed by atoms with E-state index in [4.69, 9.17) is 16.3 Å². The molecule has 0 aliphatic rings. The normalized spacial score (nSPS) is 10.5. The van der Waals surface area contributed by atoms with Crippen LogP contribution in [-0.4, -0.2) is 11.7 Å². The summed E-state index contributed by atoms with van der Waals surface area (Å²) in [5.74, 6) is 1.01. The maximum Gasteiger partial charge on any atom is 0.225 e. The Morgan fingerprint density at radius 1 is 1.12 bits per heavy atom. The van der Waals surface area contributed by atoms with E-state index in [1.807, 2.05) is 60.0 Å². The minimum atomic E-state index is -0.166. The topological polar surface area (TPSA) is 43.3 Å². The fourth-order valence-electron chi connectivity index (χ4n) is 2.63. The number of hydrogen-bond donors (Lipinski definition) is 1. The molecule has 1 heterocycles. The molecule has 0 atom stereocenters. The molecule has 1 N–H and O–H groups in total. The molecule has 128 valence electrons. The van der Waals surface area contributed by atoms with Crippen molar-refractivity contribution in [2.75, 3.05) is 12.4 Å². The Balaban J connectivity index is 2.01. The summed E-state index contributed by atoms with van der Waals surface area (Å²) in [5, 5.41) is 4.01. The lowest BCUT2D eigenvalue weighted by molar-refractivity contribution is 0.406. The molecule has 3 rings (SSSR count). The third-order valence-electron chi connectivity index (χ3n) is 3.96. The number of halogens is 1. The molecule has 0 aliphatic heterocycles. The first-order valence-corrected chi connectivity index (χ1v) is 8.30. The molecule has 0 aliphatic carbocycles. The number of rotatable bonds is 5. The van der Waals surface area contributed by atoms with Gasteiger partial charge in [0.05, 0.1) is 13.3 Å². The molecule has 0 saturated carbocycles. The van der Waals surface area contributed by atoms with E-state index in [1.54, 1.807) is 12.3 Å². The Kier molecular flexibility index (Phi) is 5.10. The van der Waals surface area contributed by atoms with Crippen molar-refractivity contribution in [1.82, 2.24) is 4.57 Å². The van der Waals surface area contributed by atoms with E-state index in [1.165, 1.54) is 7.11 Å². The molecule has 3 aromatic rings. The number of nitrogens with one attached hydrogen (secondary N) is 1. The van der Waals surface area contributed by atoms with Gasteiger partial charge in [-0.1, -0.05) is 41.9 Å². The number of aromatic nitrogens is 1. The van der Waals surface area contributed by atoms with Gasteiger partial charge in [0.25, 0.3) is 0 Å². The standard InChI is InChI=1S/C20H19ClN2O2/c1-14-10-16(21)8-9-17(14)22-20-11-18(24)19(25-2)13-23(20)12-15-6-4-3-5-7-15/h3-11,13,22H,12H2,1-2H3. The Morgan fingerprint density at radius 3 is 2.56 bits per heavy atom. The molecule has 2 aromatic carbocycles. The van der Waals surface area contributed by atoms with Crippen molar-refractivity contribution in [3.63, 3.8) is 0 Å². The van der Waals surface area contributed by atoms with Gasteiger partial charge in [-0.15, -0.1) is 0 Å². The van der Waals surface area contributed by atoms with Crippen LogP contribution in [0.5, 0.6) is 5.75 Å². The van der Waals surface area contributed by atoms with Gasteiger partial charge in [0, 0.05) is 23.3 Å². The zero-order chi connectivity index (χ0) is 17.8. The van der Waals surface area contributed by atoms with Crippen LogP contribution in [0.25, 0.3) is 0 Å². The van der Waals surface area contributed by atoms with Crippen LogP contribution >= 0.6 is 11.6 Å². The van der Waals surface area contributed by atoms with Crippen LogP contribution in [0.15, 0.2) is 65.6 Å². The van der Waals surface area contributed by atoms with Gasteiger partial charge in [0.1, 0.15) is 5.82 Å². The Bertz CT molecular complexity index is 936. The zero-order valence-electron chi connectivity index (χ0n) is 14.1. The zero-order valence-corrected chi connectivity index (χ0v) is 14.9. The lowest BCUT2D eigenvalue weighted by Gasteiger charge is -2.17. The second-order valence-electron chi connectivity index (χ2n) is 5.79. The summed E-state index contributed by atoms with van der Waals surface area (Å²) < 4.78 is 7.15. The average Bonchev–Trinajstić information content (AvgIpc) is 2.60. The van der Waals surface area contributed by atoms with Crippen LogP contribution in [0, 0.1) is 6.92 Å². The van der Waals surface area contributed by atoms with Crippen LogP contribution < -0.4 is 15.5 Å². The van der Waals surface area contributed by atoms with Gasteiger partial charge in [-0.05, 0) is 36.2 Å². The first kappa shape index (κ1) is 17.1. The third-order valence-corrected chi connectivity index (χ3v) is 4.20. The summed E-state index contributed by atoms with van der Waals surface area (Å²) in [5.41, 5.74) is 2.86. The number of aryl methyl sites for hydroxylation is 1. The number of ether oxygens (including phenoxy) is 1. The quantitative estimate of drug-likeness (QED) is 0.727. The van der Waals surface area contributed by atoms with Crippen molar-refractivity contribution in [3.05, 3.63) is 87.2 Å². The van der Waals surface area contributed by atoms with E-state index in [2.05, 4.69) is 5.32 Å². The molecule has 25 heavy (non-hydrogen) atoms. The molecule has 0 fully saturated rings. The first-order chi connectivity index (χ1) is 12.1. The van der Waals surface area contributed by atoms with E-state index < -0.39 is 0 Å². The Hall–Kier alpha value is -2.72. The van der Waals surface area contributed by atoms with Crippen molar-refractivity contribution in [2.45, 2.75) is 13.5 Å². The third kappa shape index (κ3) is 4.03. The van der Waals surface area contributed by atoms with E-state index in [0.29, 0.717) is 23.1 Å². The van der Waals surface area contributed by atoms with Crippen LogP contribution in [0.1, 0.15) is 11.1 Å². The lowest BCUT2D eigenvalue weighted by atomic mass is 10.2. The van der Waals surface area contributed by atoms with Crippen molar-refractivity contribution in [2.24, 2.45) is 0 Å². The average molecular weight is 355 g/mol. The summed E-state index contributed by atoms with van der Waals surface area (Å²) in [6.45, 7) is 2.59. The number of nitrogens with zero attached hydrogens (tertiary/aromatic N) is 1. The smallest absolute Gasteiger partial charge is 0.225 e. The van der Waals surface area contributed by atoms with Crippen LogP contribution in [0.4, 0.5) is 11.5 Å². The van der Waals surface area contributed by atoms with Gasteiger partial charge >= 0.3 is 0 Å². The van der Waals surface area contributed by atoms with Gasteiger partial charge < -0.3 is 14.6 Å². The molecule has 0 radical (unpaired) electrons. The van der Waals surface area contributed by atoms with Crippen molar-refractivity contribution in [3.8, 4) is 5.75 Å². The summed E-state index contributed by atoms with van der Waals surface area (Å²) in [6, 6.07) is 17.2. The number of methoxy groups -OCH3 is 1. The largest absolute Gasteiger partial charge is 0.491 e. The van der Waals surface area contributed by atoms with Gasteiger partial charge in [-0.25, -0.2) is 0 Å². The maximum absolute atomic E-state index is 12.2. The fraction of sp³-hybridized carbons (Fsp3) is 0.150. The molecule has 1 aromatic heterocycles. The van der Waals surface area contributed by atoms with Crippen LogP contribution in [0.3, 0.4) is 0 Å². The molecule has 0 spiro atoms. The highest BCUT2D eigenvalue weighted by Gasteiger charge is 2.09. The van der Waals surface area contributed by atoms with E-state index in [-0.39, 0.29) is 5.43 Å². The Labute approximate surface area is 151 Å². The van der Waals surface area contributed by atoms with Gasteiger partial charge in [0.15, 0.2) is 5.75 Å². The highest BCUT2D eigenvalue weighted by Crippen LogP contribution is 2.24. The summed E-state index contributed by atoms with van der Waals surface area (Å²) >= 11 is 6.02. The second-order valence-corrected chi connectivity index (χ2v) is 6.23. The molecule has 0 bridgehead atoms. The number of benzene rings is 2. The molecule has 0 amide bonds. The number of hydrogen-bond acceptors (Lipinski definition) is 3.